The van der Waals surface area contributed by atoms with Crippen molar-refractivity contribution in [3.05, 3.63) is 102 Å². The third kappa shape index (κ3) is 7.26. The fourth-order valence-corrected chi connectivity index (χ4v) is 4.90. The number of fused-ring (bicyclic) bond motifs is 1. The van der Waals surface area contributed by atoms with E-state index in [0.29, 0.717) is 23.7 Å². The van der Waals surface area contributed by atoms with Crippen LogP contribution in [0, 0.1) is 6.92 Å². The van der Waals surface area contributed by atoms with Gasteiger partial charge in [-0.15, -0.1) is 0 Å². The minimum absolute atomic E-state index is 0.251. The zero-order valence-corrected chi connectivity index (χ0v) is 21.8. The van der Waals surface area contributed by atoms with Crippen molar-refractivity contribution in [3.63, 3.8) is 0 Å². The van der Waals surface area contributed by atoms with E-state index in [9.17, 15) is 21.6 Å². The van der Waals surface area contributed by atoms with Gasteiger partial charge in [-0.2, -0.15) is 13.2 Å². The van der Waals surface area contributed by atoms with E-state index in [4.69, 9.17) is 19.4 Å². The number of alkyl halides is 3. The van der Waals surface area contributed by atoms with Gasteiger partial charge in [0.2, 0.25) is 10.0 Å². The van der Waals surface area contributed by atoms with Gasteiger partial charge in [-0.05, 0) is 48.9 Å². The highest BCUT2D eigenvalue weighted by atomic mass is 32.2. The number of hydrogen-bond acceptors (Lipinski definition) is 6. The number of nitrogens with one attached hydrogen (secondary N) is 1. The van der Waals surface area contributed by atoms with Crippen molar-refractivity contribution < 1.29 is 36.0 Å². The number of carbonyl (C=O) groups is 1. The number of benzene rings is 3. The molecular formula is C27H23F3N4O5S. The van der Waals surface area contributed by atoms with Crippen LogP contribution in [0.4, 0.5) is 18.9 Å². The quantitative estimate of drug-likeness (QED) is 0.259. The van der Waals surface area contributed by atoms with Gasteiger partial charge in [-0.25, -0.2) is 18.2 Å². The first kappa shape index (κ1) is 28.4. The van der Waals surface area contributed by atoms with Gasteiger partial charge in [0.25, 0.3) is 0 Å². The van der Waals surface area contributed by atoms with Crippen LogP contribution in [-0.2, 0) is 27.1 Å². The summed E-state index contributed by atoms with van der Waals surface area (Å²) in [6.45, 7) is 2.41. The molecule has 5 rings (SSSR count). The van der Waals surface area contributed by atoms with Gasteiger partial charge in [-0.3, -0.25) is 4.72 Å². The van der Waals surface area contributed by atoms with Crippen LogP contribution in [0.1, 0.15) is 17.0 Å². The fraction of sp³-hybridized carbons (Fsp3) is 0.148. The van der Waals surface area contributed by atoms with E-state index < -0.39 is 22.2 Å². The van der Waals surface area contributed by atoms with Crippen molar-refractivity contribution in [2.24, 2.45) is 0 Å². The van der Waals surface area contributed by atoms with Gasteiger partial charge >= 0.3 is 12.1 Å². The Bertz CT molecular complexity index is 1710. The summed E-state index contributed by atoms with van der Waals surface area (Å²) in [6.07, 6.45) is -5.08. The van der Waals surface area contributed by atoms with Crippen LogP contribution in [0.25, 0.3) is 22.4 Å². The molecule has 0 amide bonds. The Morgan fingerprint density at radius 2 is 1.62 bits per heavy atom. The van der Waals surface area contributed by atoms with Gasteiger partial charge in [0, 0.05) is 23.9 Å². The van der Waals surface area contributed by atoms with E-state index in [1.54, 1.807) is 25.1 Å². The first-order valence-corrected chi connectivity index (χ1v) is 13.4. The average Bonchev–Trinajstić information content (AvgIpc) is 3.47. The van der Waals surface area contributed by atoms with E-state index in [2.05, 4.69) is 32.6 Å². The molecule has 0 bridgehead atoms. The molecule has 3 aromatic carbocycles. The number of rotatable bonds is 7. The van der Waals surface area contributed by atoms with Gasteiger partial charge in [0.05, 0.1) is 11.0 Å². The lowest BCUT2D eigenvalue weighted by atomic mass is 10.2. The molecule has 9 nitrogen and oxygen atoms in total. The number of aryl methyl sites for hydroxylation is 1. The van der Waals surface area contributed by atoms with Crippen molar-refractivity contribution in [1.29, 1.82) is 0 Å². The molecule has 2 aromatic heterocycles. The van der Waals surface area contributed by atoms with Crippen LogP contribution < -0.4 is 4.72 Å². The van der Waals surface area contributed by atoms with Gasteiger partial charge in [-0.1, -0.05) is 47.6 Å². The monoisotopic (exact) mass is 572 g/mol. The summed E-state index contributed by atoms with van der Waals surface area (Å²) < 4.78 is 66.5. The normalized spacial score (nSPS) is 11.6. The Kier molecular flexibility index (Phi) is 8.24. The Balaban J connectivity index is 0.000000470. The second-order valence-electron chi connectivity index (χ2n) is 8.67. The third-order valence-electron chi connectivity index (χ3n) is 5.51. The molecule has 208 valence electrons. The average molecular weight is 573 g/mol. The molecule has 0 aliphatic heterocycles. The van der Waals surface area contributed by atoms with E-state index in [-0.39, 0.29) is 5.75 Å². The number of sulfonamides is 1. The smallest absolute Gasteiger partial charge is 0.475 e. The summed E-state index contributed by atoms with van der Waals surface area (Å²) >= 11 is 0. The van der Waals surface area contributed by atoms with E-state index in [1.807, 2.05) is 48.5 Å². The van der Waals surface area contributed by atoms with Crippen LogP contribution in [-0.4, -0.2) is 40.4 Å². The number of aromatic nitrogens is 3. The lowest BCUT2D eigenvalue weighted by Gasteiger charge is -2.11. The van der Waals surface area contributed by atoms with Gasteiger partial charge in [0.15, 0.2) is 0 Å². The highest BCUT2D eigenvalue weighted by Crippen LogP contribution is 2.27. The number of carboxylic acid groups (broad SMARTS) is 1. The molecule has 13 heteroatoms. The molecule has 0 atom stereocenters. The summed E-state index contributed by atoms with van der Waals surface area (Å²) in [5.74, 6) is -1.61. The Hall–Kier alpha value is -4.65. The lowest BCUT2D eigenvalue weighted by molar-refractivity contribution is -0.192. The van der Waals surface area contributed by atoms with Crippen LogP contribution in [0.3, 0.4) is 0 Å². The molecule has 0 aliphatic carbocycles. The maximum absolute atomic E-state index is 12.5. The van der Waals surface area contributed by atoms with Crippen LogP contribution in [0.5, 0.6) is 0 Å². The van der Waals surface area contributed by atoms with Crippen LogP contribution in [0.2, 0.25) is 0 Å². The number of hydrogen-bond donors (Lipinski definition) is 2. The largest absolute Gasteiger partial charge is 0.490 e. The molecule has 0 unspecified atom stereocenters. The minimum Gasteiger partial charge on any atom is -0.475 e. The Labute approximate surface area is 226 Å². The van der Waals surface area contributed by atoms with Crippen LogP contribution in [0.15, 0.2) is 89.5 Å². The molecule has 0 saturated heterocycles. The molecule has 0 aliphatic rings. The van der Waals surface area contributed by atoms with E-state index in [0.717, 1.165) is 22.4 Å². The first-order valence-electron chi connectivity index (χ1n) is 11.7. The maximum atomic E-state index is 12.5. The van der Waals surface area contributed by atoms with Crippen molar-refractivity contribution in [2.45, 2.75) is 25.4 Å². The maximum Gasteiger partial charge on any atom is 0.490 e. The highest BCUT2D eigenvalue weighted by Gasteiger charge is 2.38. The summed E-state index contributed by atoms with van der Waals surface area (Å²) in [6, 6.07) is 27.1. The SMILES string of the molecule is Cc1cc(CS(=O)(=O)Nc2ccc(-c3nc4ccccc4n3Cc3ccccc3)cc2)no1.O=C(O)C(F)(F)F. The molecule has 0 radical (unpaired) electrons. The van der Waals surface area contributed by atoms with Gasteiger partial charge in [0.1, 0.15) is 23.0 Å². The van der Waals surface area contributed by atoms with Crippen molar-refractivity contribution in [2.75, 3.05) is 4.72 Å². The number of halogens is 3. The van der Waals surface area contributed by atoms with E-state index >= 15 is 0 Å². The van der Waals surface area contributed by atoms with E-state index in [1.165, 1.54) is 5.56 Å². The first-order chi connectivity index (χ1) is 18.9. The number of anilines is 1. The van der Waals surface area contributed by atoms with Crippen molar-refractivity contribution in [3.8, 4) is 11.4 Å². The molecular weight excluding hydrogens is 549 g/mol. The topological polar surface area (TPSA) is 127 Å². The minimum atomic E-state index is -5.08. The second-order valence-corrected chi connectivity index (χ2v) is 10.4. The molecule has 2 N–H and O–H groups in total. The molecule has 0 fully saturated rings. The zero-order valence-electron chi connectivity index (χ0n) is 21.0. The lowest BCUT2D eigenvalue weighted by Crippen LogP contribution is -2.21. The molecule has 5 aromatic rings. The summed E-state index contributed by atoms with van der Waals surface area (Å²) in [5.41, 5.74) is 4.88. The third-order valence-corrected chi connectivity index (χ3v) is 6.73. The molecule has 2 heterocycles. The molecule has 0 saturated carbocycles. The van der Waals surface area contributed by atoms with Crippen molar-refractivity contribution in [1.82, 2.24) is 14.7 Å². The number of carboxylic acids is 1. The Morgan fingerprint density at radius 3 is 2.23 bits per heavy atom. The number of para-hydroxylation sites is 2. The van der Waals surface area contributed by atoms with Crippen molar-refractivity contribution >= 4 is 32.7 Å². The predicted molar refractivity (Wildman–Crippen MR) is 142 cm³/mol. The molecule has 0 spiro atoms. The molecule has 40 heavy (non-hydrogen) atoms. The number of imidazole rings is 1. The second kappa shape index (κ2) is 11.6. The number of nitrogens with zero attached hydrogens (tertiary/aromatic N) is 3. The fourth-order valence-electron chi connectivity index (χ4n) is 3.81. The van der Waals surface area contributed by atoms with Crippen LogP contribution >= 0.6 is 0 Å². The summed E-state index contributed by atoms with van der Waals surface area (Å²) in [5, 5.41) is 10.9. The zero-order chi connectivity index (χ0) is 28.9. The summed E-state index contributed by atoms with van der Waals surface area (Å²) in [7, 11) is -3.61. The summed E-state index contributed by atoms with van der Waals surface area (Å²) in [4.78, 5) is 13.7. The van der Waals surface area contributed by atoms with Gasteiger partial charge < -0.3 is 14.2 Å². The Morgan fingerprint density at radius 1 is 1.00 bits per heavy atom. The standard InChI is InChI=1S/C25H22N4O3S.C2HF3O2/c1-18-15-22(27-32-18)17-33(30,31)28-21-13-11-20(12-14-21)25-26-23-9-5-6-10-24(23)29(25)16-19-7-3-2-4-8-19;3-2(4,5)1(6)7/h2-15,28H,16-17H2,1H3;(H,6,7). The number of aliphatic carboxylic acids is 1. The predicted octanol–water partition coefficient (Wildman–Crippen LogP) is 5.62. The highest BCUT2D eigenvalue weighted by molar-refractivity contribution is 7.91.